The van der Waals surface area contributed by atoms with E-state index in [2.05, 4.69) is 6.07 Å². The fourth-order valence-corrected chi connectivity index (χ4v) is 2.38. The molecule has 0 saturated carbocycles. The van der Waals surface area contributed by atoms with Gasteiger partial charge in [-0.1, -0.05) is 37.3 Å². The second kappa shape index (κ2) is 6.71. The Morgan fingerprint density at radius 3 is 2.29 bits per heavy atom. The lowest BCUT2D eigenvalue weighted by atomic mass is 10.0. The van der Waals surface area contributed by atoms with Gasteiger partial charge >= 0.3 is 0 Å². The molecule has 0 fully saturated rings. The molecule has 3 heteroatoms. The zero-order chi connectivity index (χ0) is 15.2. The van der Waals surface area contributed by atoms with Crippen molar-refractivity contribution < 1.29 is 4.79 Å². The predicted octanol–water partition coefficient (Wildman–Crippen LogP) is 3.66. The van der Waals surface area contributed by atoms with Crippen molar-refractivity contribution in [1.29, 1.82) is 5.26 Å². The highest BCUT2D eigenvalue weighted by molar-refractivity contribution is 6.01. The number of hydrogen-bond acceptors (Lipinski definition) is 3. The van der Waals surface area contributed by atoms with Gasteiger partial charge in [-0.25, -0.2) is 0 Å². The molecule has 2 aromatic rings. The van der Waals surface area contributed by atoms with Gasteiger partial charge in [-0.15, -0.1) is 0 Å². The molecule has 0 N–H and O–H groups in total. The summed E-state index contributed by atoms with van der Waals surface area (Å²) in [5.41, 5.74) is 2.28. The molecule has 0 bridgehead atoms. The lowest BCUT2D eigenvalue weighted by molar-refractivity contribution is 0.0957. The van der Waals surface area contributed by atoms with E-state index in [0.29, 0.717) is 5.56 Å². The second-order valence-electron chi connectivity index (χ2n) is 4.92. The number of ketones is 1. The van der Waals surface area contributed by atoms with Crippen LogP contribution in [0.15, 0.2) is 54.6 Å². The first-order chi connectivity index (χ1) is 10.2. The molecule has 0 radical (unpaired) electrons. The first kappa shape index (κ1) is 14.8. The molecule has 2 aromatic carbocycles. The van der Waals surface area contributed by atoms with E-state index in [1.807, 2.05) is 61.3 Å². The Bertz CT molecular complexity index is 641. The van der Waals surface area contributed by atoms with Crippen LogP contribution in [0.2, 0.25) is 0 Å². The summed E-state index contributed by atoms with van der Waals surface area (Å²) in [5.74, 6) is 0.116. The highest BCUT2D eigenvalue weighted by Gasteiger charge is 2.22. The molecule has 0 aliphatic rings. The molecule has 21 heavy (non-hydrogen) atoms. The van der Waals surface area contributed by atoms with Crippen LogP contribution in [0, 0.1) is 11.3 Å². The summed E-state index contributed by atoms with van der Waals surface area (Å²) in [6, 6.07) is 18.5. The molecule has 0 heterocycles. The summed E-state index contributed by atoms with van der Waals surface area (Å²) in [4.78, 5) is 14.6. The molecule has 1 atom stereocenters. The fourth-order valence-electron chi connectivity index (χ4n) is 2.38. The number of anilines is 1. The van der Waals surface area contributed by atoms with E-state index in [9.17, 15) is 4.79 Å². The molecule has 0 aromatic heterocycles. The van der Waals surface area contributed by atoms with Gasteiger partial charge in [-0.2, -0.15) is 5.26 Å². The van der Waals surface area contributed by atoms with E-state index in [-0.39, 0.29) is 11.8 Å². The van der Waals surface area contributed by atoms with Crippen LogP contribution < -0.4 is 4.90 Å². The second-order valence-corrected chi connectivity index (χ2v) is 4.92. The van der Waals surface area contributed by atoms with Crippen molar-refractivity contribution in [3.63, 3.8) is 0 Å². The van der Waals surface area contributed by atoms with Crippen LogP contribution in [0.5, 0.6) is 0 Å². The number of benzene rings is 2. The Morgan fingerprint density at radius 1 is 1.14 bits per heavy atom. The van der Waals surface area contributed by atoms with Crippen LogP contribution in [0.3, 0.4) is 0 Å². The van der Waals surface area contributed by atoms with Crippen molar-refractivity contribution in [1.82, 2.24) is 0 Å². The lowest BCUT2D eigenvalue weighted by Crippen LogP contribution is -2.38. The largest absolute Gasteiger partial charge is 0.364 e. The Kier molecular flexibility index (Phi) is 4.73. The molecule has 1 unspecified atom stereocenters. The normalized spacial score (nSPS) is 11.5. The maximum atomic E-state index is 12.6. The minimum Gasteiger partial charge on any atom is -0.364 e. The number of nitriles is 1. The van der Waals surface area contributed by atoms with E-state index in [1.54, 1.807) is 12.1 Å². The van der Waals surface area contributed by atoms with Crippen LogP contribution in [0.4, 0.5) is 5.69 Å². The van der Waals surface area contributed by atoms with Crippen LogP contribution in [0.25, 0.3) is 0 Å². The SMILES string of the molecule is CCC(C(=O)c1ccccc1)N(C)c1ccc(C#N)cc1. The van der Waals surface area contributed by atoms with Gasteiger partial charge in [0.05, 0.1) is 17.7 Å². The molecule has 0 saturated heterocycles. The minimum atomic E-state index is -0.208. The maximum Gasteiger partial charge on any atom is 0.185 e. The van der Waals surface area contributed by atoms with E-state index in [1.165, 1.54) is 0 Å². The van der Waals surface area contributed by atoms with Gasteiger partial charge in [0.2, 0.25) is 0 Å². The number of hydrogen-bond donors (Lipinski definition) is 0. The monoisotopic (exact) mass is 278 g/mol. The van der Waals surface area contributed by atoms with Crippen molar-refractivity contribution in [3.8, 4) is 6.07 Å². The maximum absolute atomic E-state index is 12.6. The molecule has 2 rings (SSSR count). The summed E-state index contributed by atoms with van der Waals surface area (Å²) >= 11 is 0. The van der Waals surface area contributed by atoms with Crippen molar-refractivity contribution in [2.24, 2.45) is 0 Å². The first-order valence-corrected chi connectivity index (χ1v) is 6.99. The molecule has 0 amide bonds. The van der Waals surface area contributed by atoms with Gasteiger partial charge in [0.25, 0.3) is 0 Å². The molecule has 0 spiro atoms. The Hall–Kier alpha value is -2.60. The number of rotatable bonds is 5. The zero-order valence-electron chi connectivity index (χ0n) is 12.3. The molecular weight excluding hydrogens is 260 g/mol. The molecule has 0 aliphatic carbocycles. The lowest BCUT2D eigenvalue weighted by Gasteiger charge is -2.28. The van der Waals surface area contributed by atoms with Gasteiger partial charge in [-0.3, -0.25) is 4.79 Å². The van der Waals surface area contributed by atoms with Gasteiger partial charge in [0.1, 0.15) is 0 Å². The summed E-state index contributed by atoms with van der Waals surface area (Å²) < 4.78 is 0. The third-order valence-corrected chi connectivity index (χ3v) is 3.62. The third-order valence-electron chi connectivity index (χ3n) is 3.62. The highest BCUT2D eigenvalue weighted by Crippen LogP contribution is 2.20. The first-order valence-electron chi connectivity index (χ1n) is 6.99. The molecule has 106 valence electrons. The summed E-state index contributed by atoms with van der Waals surface area (Å²) in [7, 11) is 1.91. The van der Waals surface area contributed by atoms with E-state index >= 15 is 0 Å². The van der Waals surface area contributed by atoms with Crippen LogP contribution in [-0.2, 0) is 0 Å². The zero-order valence-corrected chi connectivity index (χ0v) is 12.3. The fraction of sp³-hybridized carbons (Fsp3) is 0.222. The molecular formula is C18H18N2O. The number of carbonyl (C=O) groups is 1. The average Bonchev–Trinajstić information content (AvgIpc) is 2.56. The average molecular weight is 278 g/mol. The van der Waals surface area contributed by atoms with Gasteiger partial charge < -0.3 is 4.90 Å². The van der Waals surface area contributed by atoms with Crippen molar-refractivity contribution >= 4 is 11.5 Å². The smallest absolute Gasteiger partial charge is 0.185 e. The predicted molar refractivity (Wildman–Crippen MR) is 84.4 cm³/mol. The molecule has 3 nitrogen and oxygen atoms in total. The molecule has 0 aliphatic heterocycles. The van der Waals surface area contributed by atoms with Crippen LogP contribution in [0.1, 0.15) is 29.3 Å². The third kappa shape index (κ3) is 3.29. The Balaban J connectivity index is 2.24. The number of likely N-dealkylation sites (N-methyl/N-ethyl adjacent to an activating group) is 1. The van der Waals surface area contributed by atoms with Crippen molar-refractivity contribution in [3.05, 3.63) is 65.7 Å². The minimum absolute atomic E-state index is 0.116. The van der Waals surface area contributed by atoms with E-state index < -0.39 is 0 Å². The van der Waals surface area contributed by atoms with Crippen LogP contribution >= 0.6 is 0 Å². The van der Waals surface area contributed by atoms with Gasteiger partial charge in [0, 0.05) is 18.3 Å². The summed E-state index contributed by atoms with van der Waals surface area (Å²) in [6.07, 6.45) is 0.726. The van der Waals surface area contributed by atoms with Crippen molar-refractivity contribution in [2.45, 2.75) is 19.4 Å². The Morgan fingerprint density at radius 2 is 1.76 bits per heavy atom. The number of Topliss-reactive ketones (excluding diaryl/α,β-unsaturated/α-hetero) is 1. The van der Waals surface area contributed by atoms with Gasteiger partial charge in [0.15, 0.2) is 5.78 Å². The number of nitrogens with zero attached hydrogens (tertiary/aromatic N) is 2. The van der Waals surface area contributed by atoms with Gasteiger partial charge in [-0.05, 0) is 30.7 Å². The summed E-state index contributed by atoms with van der Waals surface area (Å²) in [5, 5.41) is 8.84. The standard InChI is InChI=1S/C18H18N2O/c1-3-17(18(21)15-7-5-4-6-8-15)20(2)16-11-9-14(13-19)10-12-16/h4-12,17H,3H2,1-2H3. The Labute approximate surface area is 125 Å². The quantitative estimate of drug-likeness (QED) is 0.784. The van der Waals surface area contributed by atoms with Crippen molar-refractivity contribution in [2.75, 3.05) is 11.9 Å². The summed E-state index contributed by atoms with van der Waals surface area (Å²) in [6.45, 7) is 2.01. The number of carbonyl (C=O) groups excluding carboxylic acids is 1. The van der Waals surface area contributed by atoms with Crippen LogP contribution in [-0.4, -0.2) is 18.9 Å². The van der Waals surface area contributed by atoms with E-state index in [4.69, 9.17) is 5.26 Å². The van der Waals surface area contributed by atoms with E-state index in [0.717, 1.165) is 17.7 Å². The topological polar surface area (TPSA) is 44.1 Å². The highest BCUT2D eigenvalue weighted by atomic mass is 16.1.